The van der Waals surface area contributed by atoms with Gasteiger partial charge in [0.1, 0.15) is 5.75 Å². The molecule has 0 radical (unpaired) electrons. The van der Waals surface area contributed by atoms with Crippen LogP contribution in [0.25, 0.3) is 21.3 Å². The number of fused-ring (bicyclic) bond motifs is 2. The van der Waals surface area contributed by atoms with Crippen molar-refractivity contribution in [2.75, 3.05) is 12.4 Å². The van der Waals surface area contributed by atoms with E-state index in [1.54, 1.807) is 18.4 Å². The van der Waals surface area contributed by atoms with Crippen molar-refractivity contribution >= 4 is 37.7 Å². The van der Waals surface area contributed by atoms with Gasteiger partial charge in [0.2, 0.25) is 0 Å². The number of anilines is 1. The number of nitrogens with zero attached hydrogens (tertiary/aromatic N) is 3. The van der Waals surface area contributed by atoms with E-state index in [1.807, 2.05) is 24.5 Å². The van der Waals surface area contributed by atoms with Crippen LogP contribution in [0.2, 0.25) is 0 Å². The van der Waals surface area contributed by atoms with E-state index in [1.165, 1.54) is 42.4 Å². The number of nitrogens with one attached hydrogen (secondary N) is 1. The van der Waals surface area contributed by atoms with Gasteiger partial charge in [-0.1, -0.05) is 36.7 Å². The largest absolute Gasteiger partial charge is 0.497 e. The molecule has 2 heterocycles. The van der Waals surface area contributed by atoms with Crippen LogP contribution in [-0.2, 0) is 6.54 Å². The Bertz CT molecular complexity index is 1110. The van der Waals surface area contributed by atoms with Gasteiger partial charge in [0.25, 0.3) is 0 Å². The third-order valence-corrected chi connectivity index (χ3v) is 6.52. The summed E-state index contributed by atoms with van der Waals surface area (Å²) >= 11 is 1.76. The minimum atomic E-state index is 0.584. The van der Waals surface area contributed by atoms with E-state index in [4.69, 9.17) is 9.72 Å². The van der Waals surface area contributed by atoms with E-state index >= 15 is 0 Å². The van der Waals surface area contributed by atoms with Crippen LogP contribution in [0.5, 0.6) is 5.75 Å². The molecule has 0 unspecified atom stereocenters. The van der Waals surface area contributed by atoms with Gasteiger partial charge in [-0.3, -0.25) is 0 Å². The first-order chi connectivity index (χ1) is 13.8. The molecule has 0 atom stereocenters. The maximum atomic E-state index is 5.36. The molecule has 1 fully saturated rings. The molecule has 5 nitrogen and oxygen atoms in total. The fourth-order valence-electron chi connectivity index (χ4n) is 4.04. The van der Waals surface area contributed by atoms with Crippen molar-refractivity contribution in [1.82, 2.24) is 14.5 Å². The highest BCUT2D eigenvalue weighted by molar-refractivity contribution is 7.22. The summed E-state index contributed by atoms with van der Waals surface area (Å²) in [5, 5.41) is 4.70. The molecule has 0 bridgehead atoms. The minimum Gasteiger partial charge on any atom is -0.497 e. The standard InChI is InChI=1S/C22H24N4OS/c1-27-17-8-10-18-20(12-17)26(14-23-18)13-15-7-9-19-21(11-15)28-22(25-19)24-16-5-3-2-4-6-16/h7-12,14,16H,2-6,13H2,1H3,(H,24,25). The molecular formula is C22H24N4OS. The van der Waals surface area contributed by atoms with Crippen molar-refractivity contribution in [2.24, 2.45) is 0 Å². The Morgan fingerprint density at radius 3 is 2.82 bits per heavy atom. The maximum Gasteiger partial charge on any atom is 0.184 e. The second-order valence-electron chi connectivity index (χ2n) is 7.53. The zero-order chi connectivity index (χ0) is 18.9. The summed E-state index contributed by atoms with van der Waals surface area (Å²) < 4.78 is 8.77. The highest BCUT2D eigenvalue weighted by atomic mass is 32.1. The molecule has 2 aromatic carbocycles. The lowest BCUT2D eigenvalue weighted by atomic mass is 9.96. The molecule has 1 aliphatic rings. The Morgan fingerprint density at radius 2 is 1.96 bits per heavy atom. The molecule has 1 N–H and O–H groups in total. The van der Waals surface area contributed by atoms with Gasteiger partial charge in [-0.05, 0) is 42.7 Å². The van der Waals surface area contributed by atoms with Gasteiger partial charge in [-0.2, -0.15) is 0 Å². The molecule has 0 aliphatic heterocycles. The first-order valence-corrected chi connectivity index (χ1v) is 10.7. The van der Waals surface area contributed by atoms with E-state index in [-0.39, 0.29) is 0 Å². The smallest absolute Gasteiger partial charge is 0.184 e. The van der Waals surface area contributed by atoms with Crippen LogP contribution < -0.4 is 10.1 Å². The first kappa shape index (κ1) is 17.5. The normalized spacial score (nSPS) is 15.3. The minimum absolute atomic E-state index is 0.584. The molecule has 6 heteroatoms. The third-order valence-electron chi connectivity index (χ3n) is 5.57. The second kappa shape index (κ2) is 7.43. The van der Waals surface area contributed by atoms with Crippen LogP contribution in [0.1, 0.15) is 37.7 Å². The molecule has 1 aliphatic carbocycles. The molecule has 4 aromatic rings. The van der Waals surface area contributed by atoms with Gasteiger partial charge in [-0.15, -0.1) is 0 Å². The fraction of sp³-hybridized carbons (Fsp3) is 0.364. The monoisotopic (exact) mass is 392 g/mol. The lowest BCUT2D eigenvalue weighted by molar-refractivity contribution is 0.415. The average Bonchev–Trinajstić information content (AvgIpc) is 3.31. The predicted molar refractivity (Wildman–Crippen MR) is 116 cm³/mol. The Labute approximate surface area is 168 Å². The number of methoxy groups -OCH3 is 1. The summed E-state index contributed by atoms with van der Waals surface area (Å²) in [6.07, 6.45) is 8.45. The molecule has 0 saturated heterocycles. The summed E-state index contributed by atoms with van der Waals surface area (Å²) in [7, 11) is 1.69. The van der Waals surface area contributed by atoms with Crippen molar-refractivity contribution in [1.29, 1.82) is 0 Å². The van der Waals surface area contributed by atoms with Crippen LogP contribution >= 0.6 is 11.3 Å². The van der Waals surface area contributed by atoms with E-state index in [0.717, 1.165) is 34.0 Å². The zero-order valence-corrected chi connectivity index (χ0v) is 16.8. The van der Waals surface area contributed by atoms with Gasteiger partial charge in [-0.25, -0.2) is 9.97 Å². The lowest BCUT2D eigenvalue weighted by Crippen LogP contribution is -2.21. The van der Waals surface area contributed by atoms with Crippen molar-refractivity contribution in [2.45, 2.75) is 44.7 Å². The molecule has 28 heavy (non-hydrogen) atoms. The number of hydrogen-bond acceptors (Lipinski definition) is 5. The Kier molecular flexibility index (Phi) is 4.64. The molecule has 1 saturated carbocycles. The number of benzene rings is 2. The molecule has 5 rings (SSSR count). The second-order valence-corrected chi connectivity index (χ2v) is 8.56. The van der Waals surface area contributed by atoms with Gasteiger partial charge >= 0.3 is 0 Å². The predicted octanol–water partition coefficient (Wildman–Crippen LogP) is 5.45. The highest BCUT2D eigenvalue weighted by Gasteiger charge is 2.15. The molecule has 144 valence electrons. The fourth-order valence-corrected chi connectivity index (χ4v) is 5.04. The van der Waals surface area contributed by atoms with Crippen LogP contribution in [0.4, 0.5) is 5.13 Å². The number of imidazole rings is 1. The van der Waals surface area contributed by atoms with Crippen LogP contribution in [-0.4, -0.2) is 27.7 Å². The van der Waals surface area contributed by atoms with Crippen LogP contribution in [0, 0.1) is 0 Å². The van der Waals surface area contributed by atoms with Crippen molar-refractivity contribution in [3.63, 3.8) is 0 Å². The van der Waals surface area contributed by atoms with Gasteiger partial charge < -0.3 is 14.6 Å². The SMILES string of the molecule is COc1ccc2ncn(Cc3ccc4nc(NC5CCCCC5)sc4c3)c2c1. The zero-order valence-electron chi connectivity index (χ0n) is 16.0. The molecular weight excluding hydrogens is 368 g/mol. The van der Waals surface area contributed by atoms with Crippen LogP contribution in [0.15, 0.2) is 42.7 Å². The Hall–Kier alpha value is -2.60. The summed E-state index contributed by atoms with van der Waals surface area (Å²) in [6.45, 7) is 0.781. The summed E-state index contributed by atoms with van der Waals surface area (Å²) in [6, 6.07) is 13.1. The number of aromatic nitrogens is 3. The summed E-state index contributed by atoms with van der Waals surface area (Å²) in [5.41, 5.74) is 4.40. The van der Waals surface area contributed by atoms with Gasteiger partial charge in [0.05, 0.1) is 34.7 Å². The lowest BCUT2D eigenvalue weighted by Gasteiger charge is -2.22. The van der Waals surface area contributed by atoms with E-state index in [0.29, 0.717) is 6.04 Å². The van der Waals surface area contributed by atoms with Gasteiger partial charge in [0, 0.05) is 18.7 Å². The molecule has 0 spiro atoms. The highest BCUT2D eigenvalue weighted by Crippen LogP contribution is 2.30. The van der Waals surface area contributed by atoms with E-state index < -0.39 is 0 Å². The number of hydrogen-bond donors (Lipinski definition) is 1. The summed E-state index contributed by atoms with van der Waals surface area (Å²) in [4.78, 5) is 9.30. The number of rotatable bonds is 5. The third kappa shape index (κ3) is 3.44. The van der Waals surface area contributed by atoms with E-state index in [9.17, 15) is 0 Å². The number of thiazole rings is 1. The summed E-state index contributed by atoms with van der Waals surface area (Å²) in [5.74, 6) is 0.852. The quantitative estimate of drug-likeness (QED) is 0.491. The number of ether oxygens (including phenoxy) is 1. The topological polar surface area (TPSA) is 52.0 Å². The van der Waals surface area contributed by atoms with Crippen molar-refractivity contribution < 1.29 is 4.74 Å². The molecule has 0 amide bonds. The Balaban J connectivity index is 1.39. The van der Waals surface area contributed by atoms with Crippen molar-refractivity contribution in [3.05, 3.63) is 48.3 Å². The van der Waals surface area contributed by atoms with E-state index in [2.05, 4.69) is 33.1 Å². The first-order valence-electron chi connectivity index (χ1n) is 9.93. The van der Waals surface area contributed by atoms with Gasteiger partial charge in [0.15, 0.2) is 5.13 Å². The maximum absolute atomic E-state index is 5.36. The van der Waals surface area contributed by atoms with Crippen molar-refractivity contribution in [3.8, 4) is 5.75 Å². The average molecular weight is 393 g/mol. The Morgan fingerprint density at radius 1 is 1.11 bits per heavy atom. The molecule has 2 aromatic heterocycles. The van der Waals surface area contributed by atoms with Crippen LogP contribution in [0.3, 0.4) is 0 Å².